The van der Waals surface area contributed by atoms with Gasteiger partial charge in [0.25, 0.3) is 0 Å². The van der Waals surface area contributed by atoms with Crippen molar-refractivity contribution in [3.8, 4) is 0 Å². The van der Waals surface area contributed by atoms with Crippen LogP contribution in [0, 0.1) is 0 Å². The van der Waals surface area contributed by atoms with Crippen molar-refractivity contribution in [3.63, 3.8) is 0 Å². The summed E-state index contributed by atoms with van der Waals surface area (Å²) in [5.74, 6) is -0.780. The molecular formula is C17H35O9P. The van der Waals surface area contributed by atoms with Crippen molar-refractivity contribution < 1.29 is 44.1 Å². The highest BCUT2D eigenvalue weighted by molar-refractivity contribution is 7.46. The van der Waals surface area contributed by atoms with Gasteiger partial charge in [0.15, 0.2) is 11.9 Å². The molecule has 0 aliphatic heterocycles. The summed E-state index contributed by atoms with van der Waals surface area (Å²) in [7, 11) is -5.11. The molecule has 0 spiro atoms. The Labute approximate surface area is 160 Å². The maximum absolute atomic E-state index is 12.2. The number of unbranched alkanes of at least 4 members (excludes halogenated alkanes) is 8. The lowest BCUT2D eigenvalue weighted by molar-refractivity contribution is -0.145. The molecule has 9 nitrogen and oxygen atoms in total. The molecule has 27 heavy (non-hydrogen) atoms. The van der Waals surface area contributed by atoms with Gasteiger partial charge in [-0.05, 0) is 6.42 Å². The second-order valence-corrected chi connectivity index (χ2v) is 7.98. The lowest BCUT2D eigenvalue weighted by Gasteiger charge is -2.28. The molecule has 0 saturated heterocycles. The summed E-state index contributed by atoms with van der Waals surface area (Å²) < 4.78 is 15.4. The van der Waals surface area contributed by atoms with Crippen LogP contribution in [-0.2, 0) is 13.9 Å². The Balaban J connectivity index is 4.42. The van der Waals surface area contributed by atoms with Crippen LogP contribution in [-0.4, -0.2) is 67.0 Å². The Morgan fingerprint density at radius 3 is 1.81 bits per heavy atom. The molecule has 0 fully saturated rings. The van der Waals surface area contributed by atoms with Crippen LogP contribution in [0.2, 0.25) is 0 Å². The third-order valence-electron chi connectivity index (χ3n) is 4.34. The van der Waals surface area contributed by atoms with Gasteiger partial charge in [-0.1, -0.05) is 58.3 Å². The van der Waals surface area contributed by atoms with E-state index in [9.17, 15) is 24.7 Å². The largest absolute Gasteiger partial charge is 0.470 e. The standard InChI is InChI=1S/C17H35O9P/c1-2-3-4-5-6-7-8-9-10-11-13(19)17(26-27(23,24)25)16(22)15(21)14(20)12-18/h14-18,20-22H,2-12H2,1H3,(H2,23,24,25)/t14-,15-,16+,17+/m1/s1. The van der Waals surface area contributed by atoms with Crippen molar-refractivity contribution in [1.29, 1.82) is 0 Å². The van der Waals surface area contributed by atoms with Gasteiger partial charge in [0.2, 0.25) is 0 Å². The zero-order valence-corrected chi connectivity index (χ0v) is 16.8. The van der Waals surface area contributed by atoms with Crippen molar-refractivity contribution >= 4 is 13.6 Å². The normalized spacial score (nSPS) is 16.7. The molecule has 0 aliphatic rings. The van der Waals surface area contributed by atoms with Crippen LogP contribution >= 0.6 is 7.82 Å². The molecular weight excluding hydrogens is 379 g/mol. The summed E-state index contributed by atoms with van der Waals surface area (Å²) >= 11 is 0. The van der Waals surface area contributed by atoms with Crippen molar-refractivity contribution in [3.05, 3.63) is 0 Å². The number of ketones is 1. The first-order valence-electron chi connectivity index (χ1n) is 9.55. The summed E-state index contributed by atoms with van der Waals surface area (Å²) in [5, 5.41) is 37.8. The summed E-state index contributed by atoms with van der Waals surface area (Å²) in [6, 6.07) is 0. The van der Waals surface area contributed by atoms with E-state index in [1.807, 2.05) is 0 Å². The van der Waals surface area contributed by atoms with Gasteiger partial charge in [-0.25, -0.2) is 4.57 Å². The van der Waals surface area contributed by atoms with Gasteiger partial charge in [-0.3, -0.25) is 9.32 Å². The number of phosphoric ester groups is 1. The van der Waals surface area contributed by atoms with Crippen LogP contribution < -0.4 is 0 Å². The van der Waals surface area contributed by atoms with Crippen LogP contribution in [0.4, 0.5) is 0 Å². The molecule has 162 valence electrons. The van der Waals surface area contributed by atoms with Crippen LogP contribution in [0.3, 0.4) is 0 Å². The van der Waals surface area contributed by atoms with Crippen molar-refractivity contribution in [2.24, 2.45) is 0 Å². The number of aliphatic hydroxyl groups excluding tert-OH is 4. The van der Waals surface area contributed by atoms with Crippen LogP contribution in [0.15, 0.2) is 0 Å². The number of hydrogen-bond donors (Lipinski definition) is 6. The molecule has 0 unspecified atom stereocenters. The number of Topliss-reactive ketones (excluding diaryl/α,β-unsaturated/α-hetero) is 1. The highest BCUT2D eigenvalue weighted by Crippen LogP contribution is 2.39. The van der Waals surface area contributed by atoms with E-state index in [1.54, 1.807) is 0 Å². The van der Waals surface area contributed by atoms with E-state index in [0.29, 0.717) is 6.42 Å². The van der Waals surface area contributed by atoms with E-state index in [2.05, 4.69) is 11.4 Å². The fourth-order valence-corrected chi connectivity index (χ4v) is 3.26. The molecule has 0 aromatic carbocycles. The maximum atomic E-state index is 12.2. The Morgan fingerprint density at radius 2 is 1.37 bits per heavy atom. The average molecular weight is 414 g/mol. The Bertz CT molecular complexity index is 440. The summed E-state index contributed by atoms with van der Waals surface area (Å²) in [6.45, 7) is 1.26. The molecule has 10 heteroatoms. The molecule has 0 heterocycles. The first-order chi connectivity index (χ1) is 12.6. The minimum atomic E-state index is -5.11. The van der Waals surface area contributed by atoms with E-state index in [0.717, 1.165) is 25.7 Å². The molecule has 0 aromatic rings. The Morgan fingerprint density at radius 1 is 0.889 bits per heavy atom. The maximum Gasteiger partial charge on any atom is 0.470 e. The van der Waals surface area contributed by atoms with Gasteiger partial charge in [-0.15, -0.1) is 0 Å². The third kappa shape index (κ3) is 12.6. The van der Waals surface area contributed by atoms with Gasteiger partial charge in [0.1, 0.15) is 18.3 Å². The van der Waals surface area contributed by atoms with E-state index in [4.69, 9.17) is 14.9 Å². The third-order valence-corrected chi connectivity index (χ3v) is 4.84. The summed E-state index contributed by atoms with van der Waals surface area (Å²) in [4.78, 5) is 30.1. The molecule has 0 radical (unpaired) electrons. The van der Waals surface area contributed by atoms with E-state index in [-0.39, 0.29) is 6.42 Å². The molecule has 0 aliphatic carbocycles. The molecule has 0 aromatic heterocycles. The van der Waals surface area contributed by atoms with Crippen molar-refractivity contribution in [2.75, 3.05) is 6.61 Å². The first kappa shape index (κ1) is 26.6. The highest BCUT2D eigenvalue weighted by Gasteiger charge is 2.39. The van der Waals surface area contributed by atoms with E-state index in [1.165, 1.54) is 25.7 Å². The quantitative estimate of drug-likeness (QED) is 0.151. The molecule has 0 bridgehead atoms. The van der Waals surface area contributed by atoms with Gasteiger partial charge < -0.3 is 30.2 Å². The van der Waals surface area contributed by atoms with Gasteiger partial charge in [-0.2, -0.15) is 0 Å². The molecule has 6 N–H and O–H groups in total. The number of carbonyl (C=O) groups excluding carboxylic acids is 1. The fourth-order valence-electron chi connectivity index (χ4n) is 2.73. The van der Waals surface area contributed by atoms with Gasteiger partial charge in [0.05, 0.1) is 6.61 Å². The first-order valence-corrected chi connectivity index (χ1v) is 11.1. The lowest BCUT2D eigenvalue weighted by Crippen LogP contribution is -2.49. The van der Waals surface area contributed by atoms with E-state index >= 15 is 0 Å². The molecule has 0 rings (SSSR count). The van der Waals surface area contributed by atoms with Crippen LogP contribution in [0.1, 0.15) is 71.1 Å². The predicted molar refractivity (Wildman–Crippen MR) is 98.9 cm³/mol. The molecule has 4 atom stereocenters. The second kappa shape index (κ2) is 14.6. The zero-order chi connectivity index (χ0) is 20.9. The lowest BCUT2D eigenvalue weighted by atomic mass is 9.97. The SMILES string of the molecule is CCCCCCCCCCCC(=O)[C@H](OP(=O)(O)O)[C@@H](O)[C@H](O)[C@H](O)CO. The molecule has 0 saturated carbocycles. The number of phosphoric acid groups is 1. The van der Waals surface area contributed by atoms with Crippen molar-refractivity contribution in [2.45, 2.75) is 95.5 Å². The highest BCUT2D eigenvalue weighted by atomic mass is 31.2. The predicted octanol–water partition coefficient (Wildman–Crippen LogP) is 1.03. The Hall–Kier alpha value is -0.380. The fraction of sp³-hybridized carbons (Fsp3) is 0.941. The number of rotatable bonds is 17. The van der Waals surface area contributed by atoms with E-state index < -0.39 is 44.6 Å². The average Bonchev–Trinajstić information content (AvgIpc) is 2.61. The smallest absolute Gasteiger partial charge is 0.394 e. The van der Waals surface area contributed by atoms with Gasteiger partial charge in [0, 0.05) is 6.42 Å². The monoisotopic (exact) mass is 414 g/mol. The number of aliphatic hydroxyl groups is 4. The van der Waals surface area contributed by atoms with Crippen LogP contribution in [0.25, 0.3) is 0 Å². The molecule has 0 amide bonds. The topological polar surface area (TPSA) is 165 Å². The minimum Gasteiger partial charge on any atom is -0.394 e. The zero-order valence-electron chi connectivity index (χ0n) is 15.9. The number of carbonyl (C=O) groups is 1. The van der Waals surface area contributed by atoms with Gasteiger partial charge >= 0.3 is 7.82 Å². The second-order valence-electron chi connectivity index (χ2n) is 6.79. The Kier molecular flexibility index (Phi) is 14.4. The summed E-state index contributed by atoms with van der Waals surface area (Å²) in [5.41, 5.74) is 0. The minimum absolute atomic E-state index is 0.0838. The number of hydrogen-bond acceptors (Lipinski definition) is 7. The summed E-state index contributed by atoms with van der Waals surface area (Å²) in [6.07, 6.45) is 1.22. The van der Waals surface area contributed by atoms with Crippen LogP contribution in [0.5, 0.6) is 0 Å². The van der Waals surface area contributed by atoms with Crippen molar-refractivity contribution in [1.82, 2.24) is 0 Å².